The van der Waals surface area contributed by atoms with Crippen LogP contribution >= 0.6 is 35.0 Å². The van der Waals surface area contributed by atoms with Crippen molar-refractivity contribution in [2.24, 2.45) is 0 Å². The van der Waals surface area contributed by atoms with Gasteiger partial charge in [0.1, 0.15) is 10.8 Å². The number of pyridine rings is 2. The molecule has 0 spiro atoms. The Morgan fingerprint density at radius 3 is 2.80 bits per heavy atom. The lowest BCUT2D eigenvalue weighted by atomic mass is 10.3. The standard InChI is InChI=1S/C14H15Cl2N3S/c1-2-7-17-13-6-5-10(15)12(19-13)9-20-14-11(16)4-3-8-18-14/h3-6,8H,2,7,9H2,1H3,(H,17,19). The molecule has 0 aliphatic heterocycles. The molecule has 106 valence electrons. The van der Waals surface area contributed by atoms with Crippen LogP contribution in [0.25, 0.3) is 0 Å². The number of nitrogens with one attached hydrogen (secondary N) is 1. The molecule has 0 aromatic carbocycles. The van der Waals surface area contributed by atoms with Gasteiger partial charge in [-0.25, -0.2) is 9.97 Å². The molecule has 6 heteroatoms. The fourth-order valence-corrected chi connectivity index (χ4v) is 2.92. The van der Waals surface area contributed by atoms with Crippen molar-refractivity contribution in [2.45, 2.75) is 24.1 Å². The summed E-state index contributed by atoms with van der Waals surface area (Å²) in [6, 6.07) is 7.39. The van der Waals surface area contributed by atoms with Crippen molar-refractivity contribution in [3.05, 3.63) is 46.2 Å². The molecule has 1 N–H and O–H groups in total. The second kappa shape index (κ2) is 7.72. The Balaban J connectivity index is 2.07. The van der Waals surface area contributed by atoms with Crippen LogP contribution in [0.4, 0.5) is 5.82 Å². The first-order valence-corrected chi connectivity index (χ1v) is 8.07. The number of hydrogen-bond donors (Lipinski definition) is 1. The smallest absolute Gasteiger partial charge is 0.126 e. The normalized spacial score (nSPS) is 10.6. The molecule has 2 rings (SSSR count). The molecule has 0 radical (unpaired) electrons. The molecular formula is C14H15Cl2N3S. The van der Waals surface area contributed by atoms with Gasteiger partial charge in [-0.1, -0.05) is 41.9 Å². The molecule has 0 atom stereocenters. The monoisotopic (exact) mass is 327 g/mol. The maximum absolute atomic E-state index is 6.18. The van der Waals surface area contributed by atoms with Gasteiger partial charge >= 0.3 is 0 Å². The van der Waals surface area contributed by atoms with Gasteiger partial charge in [-0.05, 0) is 30.7 Å². The van der Waals surface area contributed by atoms with Gasteiger partial charge in [-0.15, -0.1) is 0 Å². The topological polar surface area (TPSA) is 37.8 Å². The molecule has 0 aliphatic carbocycles. The lowest BCUT2D eigenvalue weighted by Crippen LogP contribution is -2.03. The SMILES string of the molecule is CCCNc1ccc(Cl)c(CSc2ncccc2Cl)n1. The van der Waals surface area contributed by atoms with E-state index >= 15 is 0 Å². The van der Waals surface area contributed by atoms with Gasteiger partial charge < -0.3 is 5.32 Å². The minimum Gasteiger partial charge on any atom is -0.370 e. The highest BCUT2D eigenvalue weighted by atomic mass is 35.5. The highest BCUT2D eigenvalue weighted by molar-refractivity contribution is 7.98. The number of rotatable bonds is 6. The first-order valence-electron chi connectivity index (χ1n) is 6.33. The summed E-state index contributed by atoms with van der Waals surface area (Å²) in [5.74, 6) is 1.48. The molecule has 20 heavy (non-hydrogen) atoms. The van der Waals surface area contributed by atoms with Gasteiger partial charge in [-0.3, -0.25) is 0 Å². The summed E-state index contributed by atoms with van der Waals surface area (Å²) >= 11 is 13.8. The van der Waals surface area contributed by atoms with Crippen LogP contribution < -0.4 is 5.32 Å². The zero-order valence-corrected chi connectivity index (χ0v) is 13.4. The number of hydrogen-bond acceptors (Lipinski definition) is 4. The third kappa shape index (κ3) is 4.27. The lowest BCUT2D eigenvalue weighted by molar-refractivity contribution is 0.965. The minimum absolute atomic E-state index is 0.636. The van der Waals surface area contributed by atoms with E-state index in [1.54, 1.807) is 6.20 Å². The number of thioether (sulfide) groups is 1. The number of anilines is 1. The Hall–Kier alpha value is -0.970. The van der Waals surface area contributed by atoms with Gasteiger partial charge in [-0.2, -0.15) is 0 Å². The minimum atomic E-state index is 0.636. The molecular weight excluding hydrogens is 313 g/mol. The molecule has 0 saturated carbocycles. The Bertz CT molecular complexity index is 578. The summed E-state index contributed by atoms with van der Waals surface area (Å²) in [7, 11) is 0. The van der Waals surface area contributed by atoms with E-state index in [1.807, 2.05) is 24.3 Å². The van der Waals surface area contributed by atoms with Crippen molar-refractivity contribution >= 4 is 40.8 Å². The zero-order valence-electron chi connectivity index (χ0n) is 11.1. The van der Waals surface area contributed by atoms with Gasteiger partial charge in [0.25, 0.3) is 0 Å². The van der Waals surface area contributed by atoms with Crippen LogP contribution in [0, 0.1) is 0 Å². The zero-order chi connectivity index (χ0) is 14.4. The molecule has 0 aliphatic rings. The highest BCUT2D eigenvalue weighted by Gasteiger charge is 2.07. The van der Waals surface area contributed by atoms with Crippen LogP contribution in [0.3, 0.4) is 0 Å². The lowest BCUT2D eigenvalue weighted by Gasteiger charge is -2.08. The second-order valence-corrected chi connectivity index (χ2v) is 5.91. The van der Waals surface area contributed by atoms with E-state index in [0.29, 0.717) is 15.8 Å². The van der Waals surface area contributed by atoms with Gasteiger partial charge in [0.2, 0.25) is 0 Å². The van der Waals surface area contributed by atoms with E-state index in [1.165, 1.54) is 11.8 Å². The maximum Gasteiger partial charge on any atom is 0.126 e. The summed E-state index contributed by atoms with van der Waals surface area (Å²) in [5, 5.41) is 5.35. The van der Waals surface area contributed by atoms with Gasteiger partial charge in [0.05, 0.1) is 15.7 Å². The molecule has 2 aromatic rings. The Labute approximate surface area is 133 Å². The van der Waals surface area contributed by atoms with Gasteiger partial charge in [0, 0.05) is 18.5 Å². The highest BCUT2D eigenvalue weighted by Crippen LogP contribution is 2.29. The van der Waals surface area contributed by atoms with Crippen molar-refractivity contribution in [3.8, 4) is 0 Å². The summed E-state index contributed by atoms with van der Waals surface area (Å²) in [6.07, 6.45) is 2.78. The fraction of sp³-hybridized carbons (Fsp3) is 0.286. The van der Waals surface area contributed by atoms with E-state index in [9.17, 15) is 0 Å². The van der Waals surface area contributed by atoms with Crippen LogP contribution in [0.5, 0.6) is 0 Å². The first kappa shape index (κ1) is 15.4. The van der Waals surface area contributed by atoms with E-state index in [4.69, 9.17) is 23.2 Å². The molecule has 0 unspecified atom stereocenters. The van der Waals surface area contributed by atoms with Crippen molar-refractivity contribution in [2.75, 3.05) is 11.9 Å². The van der Waals surface area contributed by atoms with Crippen LogP contribution in [0.15, 0.2) is 35.5 Å². The van der Waals surface area contributed by atoms with Crippen molar-refractivity contribution in [1.29, 1.82) is 0 Å². The first-order chi connectivity index (χ1) is 9.70. The molecule has 2 aromatic heterocycles. The number of halogens is 2. The molecule has 3 nitrogen and oxygen atoms in total. The van der Waals surface area contributed by atoms with Crippen molar-refractivity contribution < 1.29 is 0 Å². The predicted molar refractivity (Wildman–Crippen MR) is 86.8 cm³/mol. The second-order valence-electron chi connectivity index (χ2n) is 4.13. The molecule has 0 saturated heterocycles. The maximum atomic E-state index is 6.18. The summed E-state index contributed by atoms with van der Waals surface area (Å²) in [4.78, 5) is 8.76. The summed E-state index contributed by atoms with van der Waals surface area (Å²) < 4.78 is 0. The van der Waals surface area contributed by atoms with E-state index in [-0.39, 0.29) is 0 Å². The largest absolute Gasteiger partial charge is 0.370 e. The van der Waals surface area contributed by atoms with Crippen molar-refractivity contribution in [1.82, 2.24) is 9.97 Å². The fourth-order valence-electron chi connectivity index (χ4n) is 1.55. The average Bonchev–Trinajstić information content (AvgIpc) is 2.46. The Kier molecular flexibility index (Phi) is 5.95. The third-order valence-electron chi connectivity index (χ3n) is 2.55. The van der Waals surface area contributed by atoms with Crippen LogP contribution in [-0.2, 0) is 5.75 Å². The molecule has 0 amide bonds. The number of nitrogens with zero attached hydrogens (tertiary/aromatic N) is 2. The quantitative estimate of drug-likeness (QED) is 0.766. The Morgan fingerprint density at radius 1 is 1.20 bits per heavy atom. The molecule has 2 heterocycles. The van der Waals surface area contributed by atoms with Crippen LogP contribution in [0.2, 0.25) is 10.0 Å². The third-order valence-corrected chi connectivity index (χ3v) is 4.32. The van der Waals surface area contributed by atoms with Crippen LogP contribution in [0.1, 0.15) is 19.0 Å². The summed E-state index contributed by atoms with van der Waals surface area (Å²) in [5.41, 5.74) is 0.833. The Morgan fingerprint density at radius 2 is 2.05 bits per heavy atom. The number of aromatic nitrogens is 2. The molecule has 0 fully saturated rings. The average molecular weight is 328 g/mol. The van der Waals surface area contributed by atoms with Crippen LogP contribution in [-0.4, -0.2) is 16.5 Å². The molecule has 0 bridgehead atoms. The van der Waals surface area contributed by atoms with E-state index < -0.39 is 0 Å². The van der Waals surface area contributed by atoms with E-state index in [2.05, 4.69) is 22.2 Å². The predicted octanol–water partition coefficient (Wildman–Crippen LogP) is 4.90. The van der Waals surface area contributed by atoms with Crippen molar-refractivity contribution in [3.63, 3.8) is 0 Å². The van der Waals surface area contributed by atoms with Gasteiger partial charge in [0.15, 0.2) is 0 Å². The van der Waals surface area contributed by atoms with E-state index in [0.717, 1.165) is 29.5 Å². The summed E-state index contributed by atoms with van der Waals surface area (Å²) in [6.45, 7) is 3.01.